The molecule has 0 radical (unpaired) electrons. The van der Waals surface area contributed by atoms with Gasteiger partial charge >= 0.3 is 0 Å². The third-order valence-corrected chi connectivity index (χ3v) is 2.80. The van der Waals surface area contributed by atoms with E-state index in [4.69, 9.17) is 18.0 Å². The average molecular weight is 230 g/mol. The van der Waals surface area contributed by atoms with Gasteiger partial charge in [-0.05, 0) is 20.3 Å². The van der Waals surface area contributed by atoms with Crippen molar-refractivity contribution in [2.75, 3.05) is 6.54 Å². The Hall–Kier alpha value is -0.640. The highest BCUT2D eigenvalue weighted by Gasteiger charge is 2.31. The van der Waals surface area contributed by atoms with E-state index in [0.29, 0.717) is 11.5 Å². The van der Waals surface area contributed by atoms with Gasteiger partial charge in [-0.1, -0.05) is 33.0 Å². The van der Waals surface area contributed by atoms with Crippen LogP contribution >= 0.6 is 12.2 Å². The number of hydrogen-bond donors (Lipinski definition) is 1. The summed E-state index contributed by atoms with van der Waals surface area (Å²) in [6, 6.07) is 0.129. The Balaban J connectivity index is 4.78. The van der Waals surface area contributed by atoms with Gasteiger partial charge in [-0.25, -0.2) is 0 Å². The van der Waals surface area contributed by atoms with Crippen molar-refractivity contribution in [1.82, 2.24) is 4.90 Å². The van der Waals surface area contributed by atoms with E-state index in [9.17, 15) is 4.79 Å². The van der Waals surface area contributed by atoms with Crippen LogP contribution in [0.2, 0.25) is 0 Å². The van der Waals surface area contributed by atoms with Gasteiger partial charge in [0.15, 0.2) is 0 Å². The van der Waals surface area contributed by atoms with Crippen LogP contribution < -0.4 is 5.73 Å². The number of carbonyl (C=O) groups excluding carboxylic acids is 1. The van der Waals surface area contributed by atoms with Gasteiger partial charge in [-0.3, -0.25) is 4.79 Å². The maximum atomic E-state index is 12.2. The van der Waals surface area contributed by atoms with Crippen molar-refractivity contribution in [3.05, 3.63) is 0 Å². The highest BCUT2D eigenvalue weighted by molar-refractivity contribution is 7.80. The zero-order valence-electron chi connectivity index (χ0n) is 10.3. The first kappa shape index (κ1) is 14.4. The van der Waals surface area contributed by atoms with Crippen molar-refractivity contribution in [3.63, 3.8) is 0 Å². The van der Waals surface area contributed by atoms with Crippen LogP contribution in [0.1, 0.15) is 41.0 Å². The number of amides is 1. The fraction of sp³-hybridized carbons (Fsp3) is 0.818. The number of nitrogens with zero attached hydrogens (tertiary/aromatic N) is 1. The van der Waals surface area contributed by atoms with Gasteiger partial charge in [0.25, 0.3) is 0 Å². The predicted molar refractivity (Wildman–Crippen MR) is 67.7 cm³/mol. The summed E-state index contributed by atoms with van der Waals surface area (Å²) in [6.45, 7) is 10.2. The number of nitrogens with two attached hydrogens (primary N) is 1. The van der Waals surface area contributed by atoms with E-state index in [-0.39, 0.29) is 17.4 Å². The van der Waals surface area contributed by atoms with Crippen LogP contribution in [0, 0.1) is 5.41 Å². The van der Waals surface area contributed by atoms with E-state index >= 15 is 0 Å². The van der Waals surface area contributed by atoms with Crippen LogP contribution in [0.5, 0.6) is 0 Å². The summed E-state index contributed by atoms with van der Waals surface area (Å²) in [6.07, 6.45) is 0.812. The maximum absolute atomic E-state index is 12.2. The van der Waals surface area contributed by atoms with E-state index < -0.39 is 0 Å². The van der Waals surface area contributed by atoms with Crippen LogP contribution in [0.15, 0.2) is 0 Å². The molecule has 0 saturated heterocycles. The van der Waals surface area contributed by atoms with Crippen molar-refractivity contribution >= 4 is 23.1 Å². The van der Waals surface area contributed by atoms with Gasteiger partial charge in [0.1, 0.15) is 0 Å². The lowest BCUT2D eigenvalue weighted by molar-refractivity contribution is -0.141. The number of hydrogen-bond acceptors (Lipinski definition) is 2. The molecule has 1 amide bonds. The summed E-state index contributed by atoms with van der Waals surface area (Å²) in [5, 5.41) is 0. The topological polar surface area (TPSA) is 46.3 Å². The zero-order valence-corrected chi connectivity index (χ0v) is 11.1. The summed E-state index contributed by atoms with van der Waals surface area (Å²) < 4.78 is 0. The normalized spacial score (nSPS) is 11.6. The summed E-state index contributed by atoms with van der Waals surface area (Å²) in [7, 11) is 0. The minimum Gasteiger partial charge on any atom is -0.392 e. The fourth-order valence-corrected chi connectivity index (χ4v) is 1.34. The molecule has 0 heterocycles. The minimum atomic E-state index is -0.338. The monoisotopic (exact) mass is 230 g/mol. The Kier molecular flexibility index (Phi) is 5.21. The molecule has 0 atom stereocenters. The van der Waals surface area contributed by atoms with Crippen LogP contribution in [0.3, 0.4) is 0 Å². The Morgan fingerprint density at radius 3 is 2.20 bits per heavy atom. The van der Waals surface area contributed by atoms with Crippen LogP contribution in [-0.4, -0.2) is 28.4 Å². The van der Waals surface area contributed by atoms with Crippen molar-refractivity contribution in [3.8, 4) is 0 Å². The molecule has 0 rings (SSSR count). The van der Waals surface area contributed by atoms with Crippen molar-refractivity contribution in [2.24, 2.45) is 11.1 Å². The van der Waals surface area contributed by atoms with E-state index in [1.54, 1.807) is 4.90 Å². The van der Waals surface area contributed by atoms with Gasteiger partial charge in [-0.2, -0.15) is 0 Å². The second-order valence-corrected chi connectivity index (χ2v) is 5.25. The summed E-state index contributed by atoms with van der Waals surface area (Å²) >= 11 is 4.85. The third kappa shape index (κ3) is 4.16. The Labute approximate surface area is 98.0 Å². The first-order valence-electron chi connectivity index (χ1n) is 5.31. The molecule has 0 aromatic heterocycles. The molecular weight excluding hydrogens is 208 g/mol. The maximum Gasteiger partial charge on any atom is 0.228 e. The second-order valence-electron chi connectivity index (χ2n) is 4.73. The molecule has 0 aromatic carbocycles. The predicted octanol–water partition coefficient (Wildman–Crippen LogP) is 1.95. The molecule has 0 saturated carbocycles. The lowest BCUT2D eigenvalue weighted by Crippen LogP contribution is -2.47. The van der Waals surface area contributed by atoms with E-state index in [1.165, 1.54) is 0 Å². The van der Waals surface area contributed by atoms with E-state index in [0.717, 1.165) is 6.42 Å². The highest BCUT2D eigenvalue weighted by Crippen LogP contribution is 2.23. The first-order chi connectivity index (χ1) is 6.72. The van der Waals surface area contributed by atoms with Gasteiger partial charge < -0.3 is 10.6 Å². The van der Waals surface area contributed by atoms with Gasteiger partial charge in [-0.15, -0.1) is 0 Å². The molecule has 2 N–H and O–H groups in total. The van der Waals surface area contributed by atoms with Gasteiger partial charge in [0.2, 0.25) is 5.91 Å². The molecule has 88 valence electrons. The Morgan fingerprint density at radius 1 is 1.47 bits per heavy atom. The van der Waals surface area contributed by atoms with Crippen LogP contribution in [-0.2, 0) is 4.79 Å². The fourth-order valence-electron chi connectivity index (χ4n) is 1.20. The molecule has 0 aliphatic rings. The van der Waals surface area contributed by atoms with Crippen LogP contribution in [0.25, 0.3) is 0 Å². The molecule has 3 nitrogen and oxygen atoms in total. The zero-order chi connectivity index (χ0) is 12.2. The number of carbonyl (C=O) groups is 1. The summed E-state index contributed by atoms with van der Waals surface area (Å²) in [4.78, 5) is 14.3. The van der Waals surface area contributed by atoms with E-state index in [2.05, 4.69) is 0 Å². The molecule has 0 spiro atoms. The molecule has 0 fully saturated rings. The number of rotatable bonds is 5. The molecular formula is C11H22N2OS. The quantitative estimate of drug-likeness (QED) is 0.734. The second kappa shape index (κ2) is 5.45. The first-order valence-corrected chi connectivity index (χ1v) is 5.72. The average Bonchev–Trinajstić information content (AvgIpc) is 2.12. The van der Waals surface area contributed by atoms with Crippen molar-refractivity contribution < 1.29 is 4.79 Å². The standard InChI is InChI=1S/C11H22N2OS/c1-6-11(4,5)10(14)13(8(2)3)7-9(12)15/h8H,6-7H2,1-5H3,(H2,12,15). The molecule has 4 heteroatoms. The molecule has 0 aliphatic heterocycles. The lowest BCUT2D eigenvalue weighted by Gasteiger charge is -2.33. The van der Waals surface area contributed by atoms with Crippen molar-refractivity contribution in [1.29, 1.82) is 0 Å². The van der Waals surface area contributed by atoms with Crippen LogP contribution in [0.4, 0.5) is 0 Å². The molecule has 0 aliphatic carbocycles. The Morgan fingerprint density at radius 2 is 1.93 bits per heavy atom. The number of thiocarbonyl (C=S) groups is 1. The van der Waals surface area contributed by atoms with Gasteiger partial charge in [0.05, 0.1) is 11.5 Å². The lowest BCUT2D eigenvalue weighted by atomic mass is 9.88. The largest absolute Gasteiger partial charge is 0.392 e. The third-order valence-electron chi connectivity index (χ3n) is 2.67. The molecule has 0 unspecified atom stereocenters. The smallest absolute Gasteiger partial charge is 0.228 e. The molecule has 15 heavy (non-hydrogen) atoms. The SMILES string of the molecule is CCC(C)(C)C(=O)N(CC(N)=S)C(C)C. The summed E-state index contributed by atoms with van der Waals surface area (Å²) in [5.41, 5.74) is 5.15. The molecule has 0 bridgehead atoms. The minimum absolute atomic E-state index is 0.118. The summed E-state index contributed by atoms with van der Waals surface area (Å²) in [5.74, 6) is 0.118. The van der Waals surface area contributed by atoms with Crippen molar-refractivity contribution in [2.45, 2.75) is 47.1 Å². The molecule has 0 aromatic rings. The highest BCUT2D eigenvalue weighted by atomic mass is 32.1. The Bertz CT molecular complexity index is 249. The van der Waals surface area contributed by atoms with Gasteiger partial charge in [0, 0.05) is 11.5 Å². The van der Waals surface area contributed by atoms with E-state index in [1.807, 2.05) is 34.6 Å².